The number of halogens is 1. The molecular formula is C14H18BrNO4S. The van der Waals surface area contributed by atoms with Gasteiger partial charge in [0.15, 0.2) is 9.84 Å². The molecule has 116 valence electrons. The van der Waals surface area contributed by atoms with Crippen molar-refractivity contribution in [3.05, 3.63) is 28.7 Å². The van der Waals surface area contributed by atoms with Gasteiger partial charge in [-0.2, -0.15) is 0 Å². The number of carbonyl (C=O) groups excluding carboxylic acids is 1. The summed E-state index contributed by atoms with van der Waals surface area (Å²) < 4.78 is 30.9. The zero-order valence-electron chi connectivity index (χ0n) is 11.7. The molecule has 1 saturated heterocycles. The monoisotopic (exact) mass is 375 g/mol. The van der Waals surface area contributed by atoms with Gasteiger partial charge < -0.3 is 10.1 Å². The van der Waals surface area contributed by atoms with Gasteiger partial charge in [0.25, 0.3) is 0 Å². The Labute approximate surface area is 133 Å². The minimum absolute atomic E-state index is 0.434. The highest BCUT2D eigenvalue weighted by Crippen LogP contribution is 2.22. The molecule has 0 aromatic heterocycles. The Morgan fingerprint density at radius 2 is 2.05 bits per heavy atom. The maximum Gasteiger partial charge on any atom is 0.242 e. The van der Waals surface area contributed by atoms with Gasteiger partial charge >= 0.3 is 0 Å². The van der Waals surface area contributed by atoms with E-state index in [9.17, 15) is 13.2 Å². The Kier molecular flexibility index (Phi) is 5.40. The Morgan fingerprint density at radius 1 is 1.38 bits per heavy atom. The van der Waals surface area contributed by atoms with Crippen molar-refractivity contribution in [2.24, 2.45) is 0 Å². The predicted molar refractivity (Wildman–Crippen MR) is 85.0 cm³/mol. The summed E-state index contributed by atoms with van der Waals surface area (Å²) in [5.41, 5.74) is 0.573. The normalized spacial score (nSPS) is 18.2. The molecule has 0 radical (unpaired) electrons. The minimum atomic E-state index is -3.50. The van der Waals surface area contributed by atoms with E-state index >= 15 is 0 Å². The summed E-state index contributed by atoms with van der Waals surface area (Å²) in [4.78, 5) is 12.2. The van der Waals surface area contributed by atoms with E-state index in [2.05, 4.69) is 21.2 Å². The van der Waals surface area contributed by atoms with Crippen LogP contribution in [0, 0.1) is 0 Å². The lowest BCUT2D eigenvalue weighted by atomic mass is 10.2. The van der Waals surface area contributed by atoms with Crippen molar-refractivity contribution in [3.8, 4) is 0 Å². The number of benzene rings is 1. The van der Waals surface area contributed by atoms with Crippen LogP contribution in [-0.2, 0) is 19.4 Å². The van der Waals surface area contributed by atoms with Gasteiger partial charge in [-0.15, -0.1) is 0 Å². The summed E-state index contributed by atoms with van der Waals surface area (Å²) in [6.45, 7) is 2.31. The molecule has 1 aromatic carbocycles. The Bertz CT molecular complexity index is 611. The van der Waals surface area contributed by atoms with Gasteiger partial charge in [0.2, 0.25) is 5.91 Å². The van der Waals surface area contributed by atoms with Crippen LogP contribution in [0.5, 0.6) is 0 Å². The van der Waals surface area contributed by atoms with Crippen molar-refractivity contribution in [2.45, 2.75) is 30.3 Å². The molecule has 1 atom stereocenters. The van der Waals surface area contributed by atoms with Gasteiger partial charge in [-0.25, -0.2) is 8.42 Å². The van der Waals surface area contributed by atoms with Crippen LogP contribution in [0.1, 0.15) is 19.8 Å². The van der Waals surface area contributed by atoms with Crippen molar-refractivity contribution in [3.63, 3.8) is 0 Å². The van der Waals surface area contributed by atoms with E-state index in [0.29, 0.717) is 31.7 Å². The summed E-state index contributed by atoms with van der Waals surface area (Å²) in [6, 6.07) is 7.05. The van der Waals surface area contributed by atoms with E-state index in [1.807, 2.05) is 6.07 Å². The van der Waals surface area contributed by atoms with Gasteiger partial charge in [0.05, 0.1) is 5.25 Å². The largest absolute Gasteiger partial charge is 0.381 e. The van der Waals surface area contributed by atoms with Crippen LogP contribution in [0.15, 0.2) is 28.7 Å². The van der Waals surface area contributed by atoms with Crippen molar-refractivity contribution in [1.82, 2.24) is 0 Å². The highest BCUT2D eigenvalue weighted by atomic mass is 79.9. The molecule has 0 spiro atoms. The maximum absolute atomic E-state index is 12.5. The first kappa shape index (κ1) is 16.5. The third-order valence-electron chi connectivity index (χ3n) is 3.59. The summed E-state index contributed by atoms with van der Waals surface area (Å²) in [5.74, 6) is -0.500. The SMILES string of the molecule is CC(C(=O)Nc1cccc(Br)c1)S(=O)(=O)C1CCOCC1. The molecule has 1 aromatic rings. The molecule has 7 heteroatoms. The van der Waals surface area contributed by atoms with Crippen molar-refractivity contribution < 1.29 is 17.9 Å². The number of anilines is 1. The molecule has 5 nitrogen and oxygen atoms in total. The number of nitrogens with one attached hydrogen (secondary N) is 1. The topological polar surface area (TPSA) is 72.5 Å². The van der Waals surface area contributed by atoms with Crippen LogP contribution in [0.25, 0.3) is 0 Å². The molecule has 1 fully saturated rings. The van der Waals surface area contributed by atoms with Crippen LogP contribution in [0.3, 0.4) is 0 Å². The second-order valence-electron chi connectivity index (χ2n) is 5.04. The van der Waals surface area contributed by atoms with Crippen LogP contribution in [-0.4, -0.2) is 38.0 Å². The number of carbonyl (C=O) groups is 1. The smallest absolute Gasteiger partial charge is 0.242 e. The number of amides is 1. The summed E-state index contributed by atoms with van der Waals surface area (Å²) in [7, 11) is -3.50. The fourth-order valence-electron chi connectivity index (χ4n) is 2.25. The maximum atomic E-state index is 12.5. The Morgan fingerprint density at radius 3 is 2.67 bits per heavy atom. The van der Waals surface area contributed by atoms with Gasteiger partial charge in [-0.05, 0) is 38.0 Å². The second-order valence-corrected chi connectivity index (χ2v) is 8.51. The zero-order chi connectivity index (χ0) is 15.5. The van der Waals surface area contributed by atoms with E-state index in [1.54, 1.807) is 18.2 Å². The predicted octanol–water partition coefficient (Wildman–Crippen LogP) is 2.37. The molecule has 2 rings (SSSR count). The number of rotatable bonds is 4. The van der Waals surface area contributed by atoms with Crippen LogP contribution in [0.4, 0.5) is 5.69 Å². The summed E-state index contributed by atoms with van der Waals surface area (Å²) >= 11 is 3.31. The van der Waals surface area contributed by atoms with Crippen molar-refractivity contribution in [2.75, 3.05) is 18.5 Å². The van der Waals surface area contributed by atoms with Crippen LogP contribution in [0.2, 0.25) is 0 Å². The fraction of sp³-hybridized carbons (Fsp3) is 0.500. The lowest BCUT2D eigenvalue weighted by molar-refractivity contribution is -0.115. The zero-order valence-corrected chi connectivity index (χ0v) is 14.1. The molecule has 0 bridgehead atoms. The molecule has 1 aliphatic rings. The average molecular weight is 376 g/mol. The Hall–Kier alpha value is -0.920. The summed E-state index contributed by atoms with van der Waals surface area (Å²) in [6.07, 6.45) is 0.910. The fourth-order valence-corrected chi connectivity index (χ4v) is 4.44. The molecule has 1 unspecified atom stereocenters. The van der Waals surface area contributed by atoms with Gasteiger partial charge in [-0.1, -0.05) is 22.0 Å². The lowest BCUT2D eigenvalue weighted by Crippen LogP contribution is -2.41. The molecule has 0 saturated carbocycles. The summed E-state index contributed by atoms with van der Waals surface area (Å²) in [5, 5.41) is 1.09. The van der Waals surface area contributed by atoms with E-state index in [0.717, 1.165) is 4.47 Å². The molecule has 0 aliphatic carbocycles. The molecule has 1 heterocycles. The highest BCUT2D eigenvalue weighted by molar-refractivity contribution is 9.10. The molecular weight excluding hydrogens is 358 g/mol. The molecule has 1 amide bonds. The van der Waals surface area contributed by atoms with E-state index in [4.69, 9.17) is 4.74 Å². The molecule has 21 heavy (non-hydrogen) atoms. The first-order valence-corrected chi connectivity index (χ1v) is 9.18. The van der Waals surface area contributed by atoms with Crippen LogP contribution < -0.4 is 5.32 Å². The quantitative estimate of drug-likeness (QED) is 0.876. The number of hydrogen-bond acceptors (Lipinski definition) is 4. The van der Waals surface area contributed by atoms with E-state index in [-0.39, 0.29) is 0 Å². The first-order valence-electron chi connectivity index (χ1n) is 6.78. The lowest BCUT2D eigenvalue weighted by Gasteiger charge is -2.25. The molecule has 1 N–H and O–H groups in total. The van der Waals surface area contributed by atoms with Crippen molar-refractivity contribution in [1.29, 1.82) is 0 Å². The van der Waals surface area contributed by atoms with Gasteiger partial charge in [0, 0.05) is 23.4 Å². The van der Waals surface area contributed by atoms with E-state index < -0.39 is 26.2 Å². The van der Waals surface area contributed by atoms with E-state index in [1.165, 1.54) is 6.92 Å². The Balaban J connectivity index is 2.07. The number of ether oxygens (including phenoxy) is 1. The first-order chi connectivity index (χ1) is 9.91. The third kappa shape index (κ3) is 4.05. The highest BCUT2D eigenvalue weighted by Gasteiger charge is 2.36. The van der Waals surface area contributed by atoms with Gasteiger partial charge in [0.1, 0.15) is 5.25 Å². The standard InChI is InChI=1S/C14H18BrNO4S/c1-10(21(18,19)13-5-7-20-8-6-13)14(17)16-12-4-2-3-11(15)9-12/h2-4,9-10,13H,5-8H2,1H3,(H,16,17). The number of hydrogen-bond donors (Lipinski definition) is 1. The van der Waals surface area contributed by atoms with Crippen LogP contribution >= 0.6 is 15.9 Å². The third-order valence-corrected chi connectivity index (χ3v) is 6.68. The number of sulfone groups is 1. The second kappa shape index (κ2) is 6.89. The van der Waals surface area contributed by atoms with Gasteiger partial charge in [-0.3, -0.25) is 4.79 Å². The minimum Gasteiger partial charge on any atom is -0.381 e. The van der Waals surface area contributed by atoms with Crippen molar-refractivity contribution >= 4 is 37.4 Å². The molecule has 1 aliphatic heterocycles. The average Bonchev–Trinajstić information content (AvgIpc) is 2.47.